The molecule has 31 heavy (non-hydrogen) atoms. The first-order chi connectivity index (χ1) is 14.9. The number of amides is 3. The van der Waals surface area contributed by atoms with Crippen LogP contribution in [0, 0.1) is 11.8 Å². The summed E-state index contributed by atoms with van der Waals surface area (Å²) in [6.45, 7) is -0.238. The molecule has 0 heterocycles. The molecule has 0 unspecified atom stereocenters. The van der Waals surface area contributed by atoms with E-state index in [2.05, 4.69) is 11.8 Å². The second-order valence-electron chi connectivity index (χ2n) is 7.29. The first-order valence-electron chi connectivity index (χ1n) is 9.89. The molecule has 1 aliphatic carbocycles. The third-order valence-electron chi connectivity index (χ3n) is 5.11. The van der Waals surface area contributed by atoms with E-state index in [9.17, 15) is 19.6 Å². The van der Waals surface area contributed by atoms with Crippen LogP contribution in [0.5, 0.6) is 0 Å². The number of hydrogen-bond acceptors (Lipinski definition) is 5. The van der Waals surface area contributed by atoms with Gasteiger partial charge in [0, 0.05) is 29.3 Å². The zero-order valence-corrected chi connectivity index (χ0v) is 16.9. The Morgan fingerprint density at radius 1 is 1.10 bits per heavy atom. The van der Waals surface area contributed by atoms with Crippen LogP contribution in [0.3, 0.4) is 0 Å². The predicted octanol–water partition coefficient (Wildman–Crippen LogP) is 0.724. The Kier molecular flexibility index (Phi) is 7.03. The largest absolute Gasteiger partial charge is 0.366 e. The van der Waals surface area contributed by atoms with Crippen LogP contribution in [0.15, 0.2) is 48.5 Å². The third-order valence-corrected chi connectivity index (χ3v) is 5.11. The van der Waals surface area contributed by atoms with Gasteiger partial charge in [0.25, 0.3) is 5.91 Å². The maximum atomic E-state index is 12.5. The first-order valence-corrected chi connectivity index (χ1v) is 9.89. The summed E-state index contributed by atoms with van der Waals surface area (Å²) in [6, 6.07) is 14.1. The highest BCUT2D eigenvalue weighted by Crippen LogP contribution is 2.31. The maximum Gasteiger partial charge on any atom is 0.252 e. The molecule has 1 saturated carbocycles. The minimum absolute atomic E-state index is 0.0110. The smallest absolute Gasteiger partial charge is 0.252 e. The lowest BCUT2D eigenvalue weighted by Gasteiger charge is -2.27. The Bertz CT molecular complexity index is 1040. The number of nitrogens with one attached hydrogen (secondary N) is 1. The number of carbonyl (C=O) groups is 3. The highest BCUT2D eigenvalue weighted by molar-refractivity contribution is 5.97. The second kappa shape index (κ2) is 9.89. The van der Waals surface area contributed by atoms with Crippen molar-refractivity contribution in [1.29, 1.82) is 0 Å². The fraction of sp³-hybridized carbons (Fsp3) is 0.261. The number of primary amides is 1. The fourth-order valence-electron chi connectivity index (χ4n) is 3.37. The van der Waals surface area contributed by atoms with Gasteiger partial charge in [0.1, 0.15) is 0 Å². The molecule has 3 amide bonds. The van der Waals surface area contributed by atoms with E-state index in [0.717, 1.165) is 18.4 Å². The Balaban J connectivity index is 2.01. The van der Waals surface area contributed by atoms with Crippen LogP contribution in [-0.2, 0) is 9.59 Å². The molecule has 0 bridgehead atoms. The van der Waals surface area contributed by atoms with Gasteiger partial charge in [0.05, 0.1) is 12.5 Å². The number of hydroxylamine groups is 1. The van der Waals surface area contributed by atoms with Crippen LogP contribution < -0.4 is 16.9 Å². The van der Waals surface area contributed by atoms with Crippen LogP contribution in [0.25, 0.3) is 0 Å². The number of rotatable bonds is 7. The Labute approximate surface area is 180 Å². The van der Waals surface area contributed by atoms with E-state index in [1.165, 1.54) is 11.0 Å². The van der Waals surface area contributed by atoms with Crippen molar-refractivity contribution < 1.29 is 19.6 Å². The van der Waals surface area contributed by atoms with Crippen molar-refractivity contribution in [1.82, 2.24) is 10.4 Å². The van der Waals surface area contributed by atoms with Gasteiger partial charge in [0.2, 0.25) is 11.8 Å². The SMILES string of the molecule is NCC(=O)N(C[C@@H](C(=O)NO)c1cc(C#Cc2ccccc2)ccc1C(N)=O)C1CC1. The molecule has 0 aromatic heterocycles. The molecular formula is C23H24N4O4. The first kappa shape index (κ1) is 22.0. The number of carbonyl (C=O) groups excluding carboxylic acids is 3. The van der Waals surface area contributed by atoms with Gasteiger partial charge in [-0.05, 0) is 48.7 Å². The lowest BCUT2D eigenvalue weighted by Crippen LogP contribution is -2.44. The molecule has 6 N–H and O–H groups in total. The molecule has 2 aromatic carbocycles. The van der Waals surface area contributed by atoms with Crippen molar-refractivity contribution >= 4 is 17.7 Å². The highest BCUT2D eigenvalue weighted by atomic mass is 16.5. The molecule has 3 rings (SSSR count). The monoisotopic (exact) mass is 420 g/mol. The average Bonchev–Trinajstić information content (AvgIpc) is 3.63. The zero-order chi connectivity index (χ0) is 22.4. The quantitative estimate of drug-likeness (QED) is 0.297. The summed E-state index contributed by atoms with van der Waals surface area (Å²) < 4.78 is 0. The lowest BCUT2D eigenvalue weighted by molar-refractivity contribution is -0.134. The molecule has 8 nitrogen and oxygen atoms in total. The molecule has 2 aromatic rings. The van der Waals surface area contributed by atoms with Crippen LogP contribution in [0.1, 0.15) is 45.8 Å². The summed E-state index contributed by atoms with van der Waals surface area (Å²) >= 11 is 0. The van der Waals surface area contributed by atoms with Crippen LogP contribution in [0.2, 0.25) is 0 Å². The van der Waals surface area contributed by atoms with Crippen molar-refractivity contribution in [3.63, 3.8) is 0 Å². The van der Waals surface area contributed by atoms with Gasteiger partial charge in [-0.3, -0.25) is 19.6 Å². The predicted molar refractivity (Wildman–Crippen MR) is 114 cm³/mol. The molecule has 0 spiro atoms. The summed E-state index contributed by atoms with van der Waals surface area (Å²) in [7, 11) is 0. The zero-order valence-electron chi connectivity index (χ0n) is 16.9. The fourth-order valence-corrected chi connectivity index (χ4v) is 3.37. The van der Waals surface area contributed by atoms with Crippen molar-refractivity contribution in [2.45, 2.75) is 24.8 Å². The highest BCUT2D eigenvalue weighted by Gasteiger charge is 2.36. The number of nitrogens with zero attached hydrogens (tertiary/aromatic N) is 1. The molecular weight excluding hydrogens is 396 g/mol. The Morgan fingerprint density at radius 3 is 2.35 bits per heavy atom. The van der Waals surface area contributed by atoms with Crippen LogP contribution in [-0.4, -0.2) is 47.0 Å². The van der Waals surface area contributed by atoms with Crippen molar-refractivity contribution in [2.75, 3.05) is 13.1 Å². The molecule has 8 heteroatoms. The summed E-state index contributed by atoms with van der Waals surface area (Å²) in [6.07, 6.45) is 1.62. The maximum absolute atomic E-state index is 12.5. The topological polar surface area (TPSA) is 139 Å². The van der Waals surface area contributed by atoms with Gasteiger partial charge in [-0.1, -0.05) is 30.0 Å². The Morgan fingerprint density at radius 2 is 1.77 bits per heavy atom. The van der Waals surface area contributed by atoms with Gasteiger partial charge in [-0.2, -0.15) is 0 Å². The van der Waals surface area contributed by atoms with Crippen molar-refractivity contribution in [2.24, 2.45) is 11.5 Å². The van der Waals surface area contributed by atoms with Crippen LogP contribution in [0.4, 0.5) is 0 Å². The molecule has 160 valence electrons. The number of hydrogen-bond donors (Lipinski definition) is 4. The molecule has 1 atom stereocenters. The normalized spacial score (nSPS) is 13.5. The van der Waals surface area contributed by atoms with Gasteiger partial charge in [0.15, 0.2) is 0 Å². The van der Waals surface area contributed by atoms with E-state index in [4.69, 9.17) is 11.5 Å². The standard InChI is InChI=1S/C23H24N4O4/c24-13-21(28)27(17-9-10-17)14-20(23(30)26-31)19-12-16(8-11-18(19)22(25)29)7-6-15-4-2-1-3-5-15/h1-5,8,11-12,17,20,31H,9-10,13-14,24H2,(H2,25,29)(H,26,30)/t20-/m1/s1. The number of nitrogens with two attached hydrogens (primary N) is 2. The van der Waals surface area contributed by atoms with E-state index >= 15 is 0 Å². The van der Waals surface area contributed by atoms with E-state index in [1.54, 1.807) is 17.6 Å². The molecule has 0 aliphatic heterocycles. The molecule has 0 saturated heterocycles. The molecule has 1 aliphatic rings. The van der Waals surface area contributed by atoms with E-state index in [0.29, 0.717) is 5.56 Å². The summed E-state index contributed by atoms with van der Waals surface area (Å²) in [5.74, 6) is 3.21. The van der Waals surface area contributed by atoms with E-state index in [1.807, 2.05) is 30.3 Å². The Hall–Kier alpha value is -3.67. The van der Waals surface area contributed by atoms with E-state index in [-0.39, 0.29) is 36.2 Å². The molecule has 0 radical (unpaired) electrons. The molecule has 1 fully saturated rings. The van der Waals surface area contributed by atoms with Crippen molar-refractivity contribution in [3.8, 4) is 11.8 Å². The third kappa shape index (κ3) is 5.48. The van der Waals surface area contributed by atoms with Gasteiger partial charge in [-0.15, -0.1) is 0 Å². The van der Waals surface area contributed by atoms with Gasteiger partial charge in [-0.25, -0.2) is 5.48 Å². The second-order valence-corrected chi connectivity index (χ2v) is 7.29. The summed E-state index contributed by atoms with van der Waals surface area (Å²) in [5.41, 5.74) is 14.5. The van der Waals surface area contributed by atoms with Crippen LogP contribution >= 0.6 is 0 Å². The number of benzene rings is 2. The lowest BCUT2D eigenvalue weighted by atomic mass is 9.90. The van der Waals surface area contributed by atoms with E-state index < -0.39 is 17.7 Å². The summed E-state index contributed by atoms with van der Waals surface area (Å²) in [5, 5.41) is 9.31. The summed E-state index contributed by atoms with van der Waals surface area (Å²) in [4.78, 5) is 38.4. The minimum atomic E-state index is -1.03. The minimum Gasteiger partial charge on any atom is -0.366 e. The average molecular weight is 420 g/mol. The van der Waals surface area contributed by atoms with Gasteiger partial charge >= 0.3 is 0 Å². The van der Waals surface area contributed by atoms with Crippen molar-refractivity contribution in [3.05, 3.63) is 70.8 Å². The van der Waals surface area contributed by atoms with Gasteiger partial charge < -0.3 is 16.4 Å².